The predicted molar refractivity (Wildman–Crippen MR) is 102 cm³/mol. The molecule has 0 unspecified atom stereocenters. The third-order valence-electron chi connectivity index (χ3n) is 4.63. The minimum Gasteiger partial charge on any atom is -0.461 e. The van der Waals surface area contributed by atoms with Crippen LogP contribution in [0.5, 0.6) is 0 Å². The van der Waals surface area contributed by atoms with Crippen LogP contribution in [0.25, 0.3) is 5.13 Å². The van der Waals surface area contributed by atoms with Gasteiger partial charge in [-0.2, -0.15) is 0 Å². The first-order chi connectivity index (χ1) is 13.1. The summed E-state index contributed by atoms with van der Waals surface area (Å²) in [6.07, 6.45) is 5.34. The number of aryl methyl sites for hydroxylation is 1. The molecule has 3 aromatic heterocycles. The van der Waals surface area contributed by atoms with Crippen LogP contribution in [0.3, 0.4) is 0 Å². The Kier molecular flexibility index (Phi) is 4.91. The molecule has 0 saturated carbocycles. The number of ketones is 1. The lowest BCUT2D eigenvalue weighted by Crippen LogP contribution is -2.49. The highest BCUT2D eigenvalue weighted by Crippen LogP contribution is 2.23. The SMILES string of the molecule is Cc1nc(-n2cccc2)sc1C(=O)N1CCN(CC(=O)c2ccco2)CC1. The molecule has 27 heavy (non-hydrogen) atoms. The van der Waals surface area contributed by atoms with Gasteiger partial charge in [-0.05, 0) is 31.2 Å². The van der Waals surface area contributed by atoms with Crippen LogP contribution in [0.1, 0.15) is 25.9 Å². The first-order valence-corrected chi connectivity index (χ1v) is 9.62. The number of aromatic nitrogens is 2. The lowest BCUT2D eigenvalue weighted by atomic mass is 10.2. The highest BCUT2D eigenvalue weighted by Gasteiger charge is 2.26. The molecule has 1 fully saturated rings. The Balaban J connectivity index is 1.37. The fourth-order valence-electron chi connectivity index (χ4n) is 3.12. The quantitative estimate of drug-likeness (QED) is 0.632. The first kappa shape index (κ1) is 17.7. The smallest absolute Gasteiger partial charge is 0.266 e. The monoisotopic (exact) mass is 384 g/mol. The lowest BCUT2D eigenvalue weighted by Gasteiger charge is -2.34. The zero-order valence-corrected chi connectivity index (χ0v) is 15.8. The van der Waals surface area contributed by atoms with E-state index in [1.165, 1.54) is 17.6 Å². The van der Waals surface area contributed by atoms with E-state index in [1.807, 2.05) is 40.9 Å². The Morgan fingerprint density at radius 3 is 2.56 bits per heavy atom. The average molecular weight is 384 g/mol. The van der Waals surface area contributed by atoms with Crippen LogP contribution in [0.15, 0.2) is 47.3 Å². The van der Waals surface area contributed by atoms with Crippen LogP contribution in [-0.4, -0.2) is 63.8 Å². The number of furan rings is 1. The minimum atomic E-state index is -0.0329. The van der Waals surface area contributed by atoms with Gasteiger partial charge >= 0.3 is 0 Å². The van der Waals surface area contributed by atoms with Crippen molar-refractivity contribution in [1.82, 2.24) is 19.4 Å². The molecule has 0 aromatic carbocycles. The molecule has 7 nitrogen and oxygen atoms in total. The number of thiazole rings is 1. The van der Waals surface area contributed by atoms with Gasteiger partial charge in [0.2, 0.25) is 5.78 Å². The summed E-state index contributed by atoms with van der Waals surface area (Å²) in [5, 5.41) is 0.795. The van der Waals surface area contributed by atoms with Crippen molar-refractivity contribution in [2.75, 3.05) is 32.7 Å². The van der Waals surface area contributed by atoms with E-state index in [-0.39, 0.29) is 11.7 Å². The van der Waals surface area contributed by atoms with Gasteiger partial charge in [-0.15, -0.1) is 0 Å². The maximum absolute atomic E-state index is 12.9. The molecule has 0 radical (unpaired) electrons. The summed E-state index contributed by atoms with van der Waals surface area (Å²) in [4.78, 5) is 34.1. The Morgan fingerprint density at radius 2 is 1.89 bits per heavy atom. The second-order valence-corrected chi connectivity index (χ2v) is 7.45. The summed E-state index contributed by atoms with van der Waals surface area (Å²) in [5.41, 5.74) is 0.754. The summed E-state index contributed by atoms with van der Waals surface area (Å²) >= 11 is 1.41. The molecule has 1 saturated heterocycles. The topological polar surface area (TPSA) is 71.6 Å². The van der Waals surface area contributed by atoms with Crippen LogP contribution in [0.2, 0.25) is 0 Å². The number of nitrogens with zero attached hydrogens (tertiary/aromatic N) is 4. The molecule has 4 rings (SSSR count). The highest BCUT2D eigenvalue weighted by atomic mass is 32.1. The molecule has 0 aliphatic carbocycles. The molecule has 140 valence electrons. The lowest BCUT2D eigenvalue weighted by molar-refractivity contribution is 0.0623. The van der Waals surface area contributed by atoms with E-state index in [1.54, 1.807) is 12.1 Å². The summed E-state index contributed by atoms with van der Waals surface area (Å²) in [6.45, 7) is 4.71. The number of carbonyl (C=O) groups excluding carboxylic acids is 2. The fraction of sp³-hybridized carbons (Fsp3) is 0.316. The Labute approximate surface area is 160 Å². The molecular weight excluding hydrogens is 364 g/mol. The van der Waals surface area contributed by atoms with E-state index in [0.29, 0.717) is 43.4 Å². The molecule has 8 heteroatoms. The van der Waals surface area contributed by atoms with Crippen molar-refractivity contribution in [3.8, 4) is 5.13 Å². The van der Waals surface area contributed by atoms with E-state index >= 15 is 0 Å². The number of piperazine rings is 1. The van der Waals surface area contributed by atoms with E-state index in [9.17, 15) is 9.59 Å². The molecule has 0 spiro atoms. The zero-order chi connectivity index (χ0) is 18.8. The molecule has 0 bridgehead atoms. The van der Waals surface area contributed by atoms with Gasteiger partial charge in [0.25, 0.3) is 5.91 Å². The average Bonchev–Trinajstić information content (AvgIpc) is 3.43. The van der Waals surface area contributed by atoms with Gasteiger partial charge in [-0.1, -0.05) is 11.3 Å². The minimum absolute atomic E-state index is 0.0143. The zero-order valence-electron chi connectivity index (χ0n) is 15.0. The number of amides is 1. The van der Waals surface area contributed by atoms with Crippen molar-refractivity contribution >= 4 is 23.0 Å². The highest BCUT2D eigenvalue weighted by molar-refractivity contribution is 7.16. The molecule has 3 aromatic rings. The van der Waals surface area contributed by atoms with Crippen LogP contribution in [-0.2, 0) is 0 Å². The Bertz CT molecular complexity index is 922. The summed E-state index contributed by atoms with van der Waals surface area (Å²) in [6, 6.07) is 7.25. The number of rotatable bonds is 5. The van der Waals surface area contributed by atoms with Gasteiger partial charge in [0.05, 0.1) is 18.5 Å². The molecule has 0 N–H and O–H groups in total. The van der Waals surface area contributed by atoms with E-state index in [4.69, 9.17) is 4.42 Å². The molecule has 1 aliphatic rings. The van der Waals surface area contributed by atoms with Gasteiger partial charge in [0.1, 0.15) is 4.88 Å². The number of Topliss-reactive ketones (excluding diaryl/α,β-unsaturated/α-hetero) is 1. The first-order valence-electron chi connectivity index (χ1n) is 8.81. The molecule has 4 heterocycles. The van der Waals surface area contributed by atoms with Crippen molar-refractivity contribution < 1.29 is 14.0 Å². The van der Waals surface area contributed by atoms with Crippen LogP contribution < -0.4 is 0 Å². The normalized spacial score (nSPS) is 15.2. The van der Waals surface area contributed by atoms with Gasteiger partial charge in [-0.3, -0.25) is 14.5 Å². The van der Waals surface area contributed by atoms with Crippen molar-refractivity contribution in [3.05, 3.63) is 59.3 Å². The summed E-state index contributed by atoms with van der Waals surface area (Å²) < 4.78 is 7.06. The third kappa shape index (κ3) is 3.72. The van der Waals surface area contributed by atoms with Crippen molar-refractivity contribution in [3.63, 3.8) is 0 Å². The summed E-state index contributed by atoms with van der Waals surface area (Å²) in [7, 11) is 0. The Morgan fingerprint density at radius 1 is 1.15 bits per heavy atom. The second-order valence-electron chi connectivity index (χ2n) is 6.47. The number of hydrogen-bond acceptors (Lipinski definition) is 6. The van der Waals surface area contributed by atoms with E-state index in [2.05, 4.69) is 9.88 Å². The standard InChI is InChI=1S/C19H20N4O3S/c1-14-17(27-19(20-14)23-6-2-3-7-23)18(25)22-10-8-21(9-11-22)13-15(24)16-5-4-12-26-16/h2-7,12H,8-11,13H2,1H3. The fourth-order valence-corrected chi connectivity index (χ4v) is 4.13. The van der Waals surface area contributed by atoms with Crippen molar-refractivity contribution in [2.24, 2.45) is 0 Å². The predicted octanol–water partition coefficient (Wildman–Crippen LogP) is 2.48. The molecule has 1 aliphatic heterocycles. The van der Waals surface area contributed by atoms with Crippen LogP contribution >= 0.6 is 11.3 Å². The van der Waals surface area contributed by atoms with Gasteiger partial charge < -0.3 is 13.9 Å². The largest absolute Gasteiger partial charge is 0.461 e. The van der Waals surface area contributed by atoms with Crippen molar-refractivity contribution in [2.45, 2.75) is 6.92 Å². The van der Waals surface area contributed by atoms with Gasteiger partial charge in [-0.25, -0.2) is 4.98 Å². The Hall–Kier alpha value is -2.71. The van der Waals surface area contributed by atoms with Crippen molar-refractivity contribution in [1.29, 1.82) is 0 Å². The molecule has 0 atom stereocenters. The molecular formula is C19H20N4O3S. The van der Waals surface area contributed by atoms with E-state index < -0.39 is 0 Å². The maximum Gasteiger partial charge on any atom is 0.266 e. The van der Waals surface area contributed by atoms with Crippen LogP contribution in [0.4, 0.5) is 0 Å². The van der Waals surface area contributed by atoms with Gasteiger partial charge in [0, 0.05) is 38.6 Å². The second kappa shape index (κ2) is 7.50. The summed E-state index contributed by atoms with van der Waals surface area (Å²) in [5.74, 6) is 0.362. The third-order valence-corrected chi connectivity index (χ3v) is 5.79. The number of hydrogen-bond donors (Lipinski definition) is 0. The number of carbonyl (C=O) groups is 2. The maximum atomic E-state index is 12.9. The van der Waals surface area contributed by atoms with E-state index in [0.717, 1.165) is 10.8 Å². The van der Waals surface area contributed by atoms with Gasteiger partial charge in [0.15, 0.2) is 10.9 Å². The van der Waals surface area contributed by atoms with Crippen LogP contribution in [0, 0.1) is 6.92 Å². The molecule has 1 amide bonds.